The smallest absolute Gasteiger partial charge is 0.344 e. The quantitative estimate of drug-likeness (QED) is 0.295. The number of hydrogen-bond donors (Lipinski definition) is 2. The highest BCUT2D eigenvalue weighted by atomic mass is 35.5. The van der Waals surface area contributed by atoms with Crippen LogP contribution in [0.3, 0.4) is 0 Å². The van der Waals surface area contributed by atoms with Gasteiger partial charge in [-0.15, -0.1) is 0 Å². The summed E-state index contributed by atoms with van der Waals surface area (Å²) in [6.45, 7) is 3.77. The standard InChI is InChI=1S/C25H19ClN2O3S/c1-14-7-10-18(12-20(14)26)23(29)28-25(32)27-21-13-16(9-8-15(21)2)19-11-17-5-3-4-6-22(17)31-24(19)30/h3-13H,1-2H3,(H2,27,28,29,32). The molecule has 0 saturated carbocycles. The third-order valence-electron chi connectivity index (χ3n) is 5.10. The van der Waals surface area contributed by atoms with E-state index in [0.29, 0.717) is 33.0 Å². The summed E-state index contributed by atoms with van der Waals surface area (Å²) in [5.41, 5.74) is 4.08. The molecule has 0 radical (unpaired) electrons. The summed E-state index contributed by atoms with van der Waals surface area (Å²) in [5.74, 6) is -0.367. The van der Waals surface area contributed by atoms with Gasteiger partial charge >= 0.3 is 5.63 Å². The number of thiocarbonyl (C=S) groups is 1. The molecular formula is C25H19ClN2O3S. The summed E-state index contributed by atoms with van der Waals surface area (Å²) in [6, 6.07) is 19.7. The van der Waals surface area contributed by atoms with Crippen molar-refractivity contribution in [3.63, 3.8) is 0 Å². The molecule has 3 aromatic carbocycles. The number of anilines is 1. The first kappa shape index (κ1) is 21.7. The molecule has 0 aliphatic carbocycles. The predicted molar refractivity (Wildman–Crippen MR) is 133 cm³/mol. The van der Waals surface area contributed by atoms with Crippen molar-refractivity contribution in [1.82, 2.24) is 5.32 Å². The lowest BCUT2D eigenvalue weighted by Gasteiger charge is -2.13. The normalized spacial score (nSPS) is 10.7. The van der Waals surface area contributed by atoms with Crippen molar-refractivity contribution in [2.24, 2.45) is 0 Å². The number of carbonyl (C=O) groups excluding carboxylic acids is 1. The van der Waals surface area contributed by atoms with Crippen molar-refractivity contribution in [3.8, 4) is 11.1 Å². The van der Waals surface area contributed by atoms with E-state index in [0.717, 1.165) is 16.5 Å². The Morgan fingerprint density at radius 1 is 0.969 bits per heavy atom. The fourth-order valence-electron chi connectivity index (χ4n) is 3.25. The van der Waals surface area contributed by atoms with Crippen LogP contribution in [0.2, 0.25) is 5.02 Å². The van der Waals surface area contributed by atoms with Crippen molar-refractivity contribution in [2.75, 3.05) is 5.32 Å². The summed E-state index contributed by atoms with van der Waals surface area (Å²) >= 11 is 11.4. The molecule has 7 heteroatoms. The molecule has 0 bridgehead atoms. The number of benzene rings is 3. The van der Waals surface area contributed by atoms with Crippen molar-refractivity contribution in [1.29, 1.82) is 0 Å². The third-order valence-corrected chi connectivity index (χ3v) is 5.71. The minimum atomic E-state index is -0.425. The highest BCUT2D eigenvalue weighted by molar-refractivity contribution is 7.80. The maximum atomic E-state index is 12.5. The molecule has 1 heterocycles. The molecule has 1 aromatic heterocycles. The van der Waals surface area contributed by atoms with Crippen LogP contribution in [0.15, 0.2) is 75.9 Å². The Balaban J connectivity index is 1.57. The van der Waals surface area contributed by atoms with Gasteiger partial charge in [-0.1, -0.05) is 48.0 Å². The molecule has 0 aliphatic heterocycles. The molecule has 2 N–H and O–H groups in total. The van der Waals surface area contributed by atoms with E-state index in [4.69, 9.17) is 28.2 Å². The van der Waals surface area contributed by atoms with Crippen molar-refractivity contribution < 1.29 is 9.21 Å². The van der Waals surface area contributed by atoms with E-state index in [1.54, 1.807) is 36.4 Å². The van der Waals surface area contributed by atoms with E-state index in [2.05, 4.69) is 10.6 Å². The number of fused-ring (bicyclic) bond motifs is 1. The van der Waals surface area contributed by atoms with Gasteiger partial charge in [0.25, 0.3) is 5.91 Å². The molecule has 4 aromatic rings. The fraction of sp³-hybridized carbons (Fsp3) is 0.0800. The zero-order valence-corrected chi connectivity index (χ0v) is 18.9. The van der Waals surface area contributed by atoms with Crippen LogP contribution in [-0.2, 0) is 0 Å². The first-order valence-electron chi connectivity index (χ1n) is 9.84. The summed E-state index contributed by atoms with van der Waals surface area (Å²) in [4.78, 5) is 25.0. The van der Waals surface area contributed by atoms with E-state index in [9.17, 15) is 9.59 Å². The van der Waals surface area contributed by atoms with Gasteiger partial charge in [-0.05, 0) is 73.1 Å². The first-order valence-corrected chi connectivity index (χ1v) is 10.6. The van der Waals surface area contributed by atoms with Gasteiger partial charge in [0.1, 0.15) is 5.58 Å². The van der Waals surface area contributed by atoms with E-state index in [-0.39, 0.29) is 11.0 Å². The van der Waals surface area contributed by atoms with Crippen LogP contribution in [-0.4, -0.2) is 11.0 Å². The minimum Gasteiger partial charge on any atom is -0.422 e. The molecule has 160 valence electrons. The Labute approximate surface area is 195 Å². The monoisotopic (exact) mass is 462 g/mol. The second-order valence-corrected chi connectivity index (χ2v) is 8.20. The number of halogens is 1. The van der Waals surface area contributed by atoms with Crippen molar-refractivity contribution >= 4 is 51.5 Å². The van der Waals surface area contributed by atoms with Gasteiger partial charge in [-0.25, -0.2) is 4.79 Å². The molecule has 5 nitrogen and oxygen atoms in total. The average molecular weight is 463 g/mol. The van der Waals surface area contributed by atoms with Gasteiger partial charge in [0, 0.05) is 21.7 Å². The summed E-state index contributed by atoms with van der Waals surface area (Å²) < 4.78 is 5.45. The van der Waals surface area contributed by atoms with Crippen LogP contribution in [0.25, 0.3) is 22.1 Å². The van der Waals surface area contributed by atoms with Gasteiger partial charge in [0.05, 0.1) is 5.56 Å². The van der Waals surface area contributed by atoms with Crippen LogP contribution in [0, 0.1) is 13.8 Å². The summed E-state index contributed by atoms with van der Waals surface area (Å²) in [6.07, 6.45) is 0. The molecule has 0 unspecified atom stereocenters. The Morgan fingerprint density at radius 2 is 1.72 bits per heavy atom. The molecule has 0 saturated heterocycles. The minimum absolute atomic E-state index is 0.137. The first-order chi connectivity index (χ1) is 15.3. The molecule has 0 atom stereocenters. The molecule has 0 fully saturated rings. The molecule has 1 amide bonds. The number of nitrogens with one attached hydrogen (secondary N) is 2. The summed E-state index contributed by atoms with van der Waals surface area (Å²) in [5, 5.41) is 7.17. The average Bonchev–Trinajstić information content (AvgIpc) is 2.76. The Bertz CT molecular complexity index is 1430. The largest absolute Gasteiger partial charge is 0.422 e. The Hall–Kier alpha value is -3.48. The zero-order chi connectivity index (χ0) is 22.8. The van der Waals surface area contributed by atoms with Gasteiger partial charge in [0.2, 0.25) is 0 Å². The van der Waals surface area contributed by atoms with Crippen LogP contribution in [0.4, 0.5) is 5.69 Å². The molecule has 0 spiro atoms. The second-order valence-electron chi connectivity index (χ2n) is 7.39. The predicted octanol–water partition coefficient (Wildman–Crippen LogP) is 5.86. The van der Waals surface area contributed by atoms with Crippen LogP contribution < -0.4 is 16.3 Å². The second kappa shape index (κ2) is 8.94. The number of para-hydroxylation sites is 1. The molecule has 32 heavy (non-hydrogen) atoms. The molecule has 4 rings (SSSR count). The van der Waals surface area contributed by atoms with E-state index >= 15 is 0 Å². The molecular weight excluding hydrogens is 444 g/mol. The SMILES string of the molecule is Cc1ccc(C(=O)NC(=S)Nc2cc(-c3cc4ccccc4oc3=O)ccc2C)cc1Cl. The van der Waals surface area contributed by atoms with Crippen molar-refractivity contribution in [3.05, 3.63) is 98.9 Å². The van der Waals surface area contributed by atoms with E-state index < -0.39 is 5.63 Å². The zero-order valence-electron chi connectivity index (χ0n) is 17.4. The van der Waals surface area contributed by atoms with Crippen LogP contribution in [0.1, 0.15) is 21.5 Å². The van der Waals surface area contributed by atoms with Gasteiger partial charge in [-0.2, -0.15) is 0 Å². The lowest BCUT2D eigenvalue weighted by atomic mass is 10.0. The van der Waals surface area contributed by atoms with Gasteiger partial charge < -0.3 is 9.73 Å². The Morgan fingerprint density at radius 3 is 2.50 bits per heavy atom. The van der Waals surface area contributed by atoms with Gasteiger partial charge in [-0.3, -0.25) is 10.1 Å². The van der Waals surface area contributed by atoms with Gasteiger partial charge in [0.15, 0.2) is 5.11 Å². The fourth-order valence-corrected chi connectivity index (χ4v) is 3.63. The Kier molecular flexibility index (Phi) is 6.08. The van der Waals surface area contributed by atoms with Crippen LogP contribution in [0.5, 0.6) is 0 Å². The number of hydrogen-bond acceptors (Lipinski definition) is 4. The van der Waals surface area contributed by atoms with E-state index in [1.165, 1.54) is 0 Å². The number of aryl methyl sites for hydroxylation is 2. The number of carbonyl (C=O) groups is 1. The number of amides is 1. The topological polar surface area (TPSA) is 71.3 Å². The lowest BCUT2D eigenvalue weighted by molar-refractivity contribution is 0.0977. The van der Waals surface area contributed by atoms with Crippen molar-refractivity contribution in [2.45, 2.75) is 13.8 Å². The lowest BCUT2D eigenvalue weighted by Crippen LogP contribution is -2.34. The highest BCUT2D eigenvalue weighted by Crippen LogP contribution is 2.26. The maximum Gasteiger partial charge on any atom is 0.344 e. The van der Waals surface area contributed by atoms with Crippen LogP contribution >= 0.6 is 23.8 Å². The summed E-state index contributed by atoms with van der Waals surface area (Å²) in [7, 11) is 0. The third kappa shape index (κ3) is 4.56. The molecule has 0 aliphatic rings. The van der Waals surface area contributed by atoms with E-state index in [1.807, 2.05) is 44.2 Å². The number of rotatable bonds is 3. The maximum absolute atomic E-state index is 12.5. The highest BCUT2D eigenvalue weighted by Gasteiger charge is 2.13.